The number of hydrogen-bond acceptors (Lipinski definition) is 5. The number of ether oxygens (including phenoxy) is 2. The molecule has 146 valence electrons. The Morgan fingerprint density at radius 3 is 2.10 bits per heavy atom. The van der Waals surface area contributed by atoms with Gasteiger partial charge in [0.25, 0.3) is 5.91 Å². The fourth-order valence-electron chi connectivity index (χ4n) is 2.49. The van der Waals surface area contributed by atoms with Crippen molar-refractivity contribution in [1.29, 1.82) is 0 Å². The molecule has 0 aliphatic rings. The van der Waals surface area contributed by atoms with Crippen LogP contribution in [0.3, 0.4) is 0 Å². The first-order valence-electron chi connectivity index (χ1n) is 8.95. The second kappa shape index (κ2) is 9.85. The fourth-order valence-corrected chi connectivity index (χ4v) is 2.49. The summed E-state index contributed by atoms with van der Waals surface area (Å²) in [4.78, 5) is 36.3. The van der Waals surface area contributed by atoms with E-state index in [9.17, 15) is 14.4 Å². The van der Waals surface area contributed by atoms with E-state index in [1.807, 2.05) is 12.1 Å². The molecule has 0 saturated carbocycles. The zero-order valence-corrected chi connectivity index (χ0v) is 15.5. The van der Waals surface area contributed by atoms with Gasteiger partial charge in [-0.1, -0.05) is 48.5 Å². The van der Waals surface area contributed by atoms with Gasteiger partial charge in [0.1, 0.15) is 5.75 Å². The highest BCUT2D eigenvalue weighted by molar-refractivity contribution is 6.05. The van der Waals surface area contributed by atoms with E-state index in [0.717, 1.165) is 0 Å². The SMILES string of the molecule is O=C(COc1ccccc1)OCC(=O)c1cccc(NC(=O)c2ccccc2)c1. The average molecular weight is 389 g/mol. The molecule has 0 aromatic heterocycles. The Morgan fingerprint density at radius 2 is 1.38 bits per heavy atom. The van der Waals surface area contributed by atoms with Crippen molar-refractivity contribution in [2.45, 2.75) is 0 Å². The van der Waals surface area contributed by atoms with Crippen molar-refractivity contribution in [3.05, 3.63) is 96.1 Å². The molecule has 0 spiro atoms. The molecule has 1 N–H and O–H groups in total. The number of ketones is 1. The largest absolute Gasteiger partial charge is 0.482 e. The van der Waals surface area contributed by atoms with Crippen LogP contribution >= 0.6 is 0 Å². The molecule has 1 amide bonds. The van der Waals surface area contributed by atoms with Crippen molar-refractivity contribution in [2.24, 2.45) is 0 Å². The van der Waals surface area contributed by atoms with E-state index < -0.39 is 12.6 Å². The first-order chi connectivity index (χ1) is 14.1. The molecule has 0 atom stereocenters. The molecular formula is C23H19NO5. The van der Waals surface area contributed by atoms with Crippen LogP contribution in [0.5, 0.6) is 5.75 Å². The Kier molecular flexibility index (Phi) is 6.73. The maximum Gasteiger partial charge on any atom is 0.344 e. The summed E-state index contributed by atoms with van der Waals surface area (Å²) in [6, 6.07) is 24.0. The molecule has 6 heteroatoms. The third kappa shape index (κ3) is 6.04. The number of nitrogens with one attached hydrogen (secondary N) is 1. The van der Waals surface area contributed by atoms with Gasteiger partial charge in [-0.3, -0.25) is 9.59 Å². The number of amides is 1. The highest BCUT2D eigenvalue weighted by Gasteiger charge is 2.12. The molecule has 0 aliphatic carbocycles. The summed E-state index contributed by atoms with van der Waals surface area (Å²) < 4.78 is 10.2. The standard InChI is InChI=1S/C23H19NO5/c25-21(15-29-22(26)16-28-20-12-5-2-6-13-20)18-10-7-11-19(14-18)24-23(27)17-8-3-1-4-9-17/h1-14H,15-16H2,(H,24,27). The maximum atomic E-state index is 12.3. The summed E-state index contributed by atoms with van der Waals surface area (Å²) in [5.41, 5.74) is 1.31. The quantitative estimate of drug-likeness (QED) is 0.469. The second-order valence-electron chi connectivity index (χ2n) is 6.09. The van der Waals surface area contributed by atoms with Gasteiger partial charge in [0.2, 0.25) is 0 Å². The Bertz CT molecular complexity index is 986. The molecule has 6 nitrogen and oxygen atoms in total. The first-order valence-corrected chi connectivity index (χ1v) is 8.95. The lowest BCUT2D eigenvalue weighted by Crippen LogP contribution is -2.19. The molecule has 3 aromatic carbocycles. The first kappa shape index (κ1) is 19.8. The molecule has 0 heterocycles. The minimum absolute atomic E-state index is 0.278. The zero-order valence-electron chi connectivity index (χ0n) is 15.5. The third-order valence-electron chi connectivity index (χ3n) is 3.94. The molecule has 0 radical (unpaired) electrons. The van der Waals surface area contributed by atoms with E-state index in [1.165, 1.54) is 6.07 Å². The summed E-state index contributed by atoms with van der Waals surface area (Å²) in [6.07, 6.45) is 0. The van der Waals surface area contributed by atoms with Crippen LogP contribution in [0.1, 0.15) is 20.7 Å². The number of anilines is 1. The minimum Gasteiger partial charge on any atom is -0.482 e. The molecule has 0 aliphatic heterocycles. The number of carbonyl (C=O) groups excluding carboxylic acids is 3. The summed E-state index contributed by atoms with van der Waals surface area (Å²) >= 11 is 0. The molecule has 3 rings (SSSR count). The average Bonchev–Trinajstić information content (AvgIpc) is 2.77. The van der Waals surface area contributed by atoms with Crippen LogP contribution in [0.25, 0.3) is 0 Å². The van der Waals surface area contributed by atoms with Crippen LogP contribution in [0.15, 0.2) is 84.9 Å². The molecule has 0 fully saturated rings. The molecule has 0 saturated heterocycles. The van der Waals surface area contributed by atoms with Gasteiger partial charge in [0, 0.05) is 16.8 Å². The Hall–Kier alpha value is -3.93. The monoisotopic (exact) mass is 389 g/mol. The lowest BCUT2D eigenvalue weighted by molar-refractivity contribution is -0.144. The summed E-state index contributed by atoms with van der Waals surface area (Å²) in [6.45, 7) is -0.697. The van der Waals surface area contributed by atoms with Crippen LogP contribution in [-0.4, -0.2) is 30.9 Å². The van der Waals surface area contributed by atoms with E-state index in [0.29, 0.717) is 22.6 Å². The highest BCUT2D eigenvalue weighted by Crippen LogP contribution is 2.13. The summed E-state index contributed by atoms with van der Waals surface area (Å²) in [5, 5.41) is 2.74. The van der Waals surface area contributed by atoms with Gasteiger partial charge in [0.05, 0.1) is 0 Å². The lowest BCUT2D eigenvalue weighted by atomic mass is 10.1. The Morgan fingerprint density at radius 1 is 0.724 bits per heavy atom. The van der Waals surface area contributed by atoms with E-state index in [-0.39, 0.29) is 18.3 Å². The Labute approximate surface area is 168 Å². The number of para-hydroxylation sites is 1. The van der Waals surface area contributed by atoms with Gasteiger partial charge < -0.3 is 14.8 Å². The Balaban J connectivity index is 1.51. The molecule has 0 bridgehead atoms. The van der Waals surface area contributed by atoms with Crippen LogP contribution in [0, 0.1) is 0 Å². The van der Waals surface area contributed by atoms with Crippen molar-refractivity contribution in [3.63, 3.8) is 0 Å². The van der Waals surface area contributed by atoms with Crippen LogP contribution in [0.2, 0.25) is 0 Å². The van der Waals surface area contributed by atoms with Gasteiger partial charge in [-0.2, -0.15) is 0 Å². The smallest absolute Gasteiger partial charge is 0.344 e. The van der Waals surface area contributed by atoms with Crippen molar-refractivity contribution in [2.75, 3.05) is 18.5 Å². The van der Waals surface area contributed by atoms with Gasteiger partial charge >= 0.3 is 5.97 Å². The predicted molar refractivity (Wildman–Crippen MR) is 108 cm³/mol. The highest BCUT2D eigenvalue weighted by atomic mass is 16.6. The van der Waals surface area contributed by atoms with Gasteiger partial charge in [-0.15, -0.1) is 0 Å². The lowest BCUT2D eigenvalue weighted by Gasteiger charge is -2.08. The number of esters is 1. The van der Waals surface area contributed by atoms with E-state index >= 15 is 0 Å². The molecular weight excluding hydrogens is 370 g/mol. The van der Waals surface area contributed by atoms with Crippen molar-refractivity contribution < 1.29 is 23.9 Å². The number of Topliss-reactive ketones (excluding diaryl/α,β-unsaturated/α-hetero) is 1. The normalized spacial score (nSPS) is 10.1. The van der Waals surface area contributed by atoms with Gasteiger partial charge in [-0.05, 0) is 36.4 Å². The van der Waals surface area contributed by atoms with Crippen molar-refractivity contribution in [1.82, 2.24) is 0 Å². The molecule has 29 heavy (non-hydrogen) atoms. The van der Waals surface area contributed by atoms with Crippen LogP contribution in [-0.2, 0) is 9.53 Å². The minimum atomic E-state index is -0.643. The van der Waals surface area contributed by atoms with Crippen molar-refractivity contribution >= 4 is 23.3 Å². The second-order valence-corrected chi connectivity index (χ2v) is 6.09. The maximum absolute atomic E-state index is 12.3. The van der Waals surface area contributed by atoms with E-state index in [1.54, 1.807) is 66.7 Å². The van der Waals surface area contributed by atoms with Crippen LogP contribution in [0.4, 0.5) is 5.69 Å². The number of hydrogen-bond donors (Lipinski definition) is 1. The van der Waals surface area contributed by atoms with Crippen LogP contribution < -0.4 is 10.1 Å². The third-order valence-corrected chi connectivity index (χ3v) is 3.94. The van der Waals surface area contributed by atoms with Gasteiger partial charge in [-0.25, -0.2) is 4.79 Å². The van der Waals surface area contributed by atoms with Gasteiger partial charge in [0.15, 0.2) is 19.0 Å². The predicted octanol–water partition coefficient (Wildman–Crippen LogP) is 3.74. The zero-order chi connectivity index (χ0) is 20.5. The fraction of sp³-hybridized carbons (Fsp3) is 0.0870. The number of rotatable bonds is 8. The summed E-state index contributed by atoms with van der Waals surface area (Å²) in [7, 11) is 0. The van der Waals surface area contributed by atoms with Crippen molar-refractivity contribution in [3.8, 4) is 5.75 Å². The number of carbonyl (C=O) groups is 3. The van der Waals surface area contributed by atoms with E-state index in [4.69, 9.17) is 9.47 Å². The number of benzene rings is 3. The van der Waals surface area contributed by atoms with E-state index in [2.05, 4.69) is 5.32 Å². The summed E-state index contributed by atoms with van der Waals surface area (Å²) in [5.74, 6) is -0.762. The topological polar surface area (TPSA) is 81.7 Å². The molecule has 3 aromatic rings. The molecule has 0 unspecified atom stereocenters.